The van der Waals surface area contributed by atoms with E-state index in [0.29, 0.717) is 17.0 Å². The van der Waals surface area contributed by atoms with Crippen molar-refractivity contribution in [1.29, 1.82) is 0 Å². The summed E-state index contributed by atoms with van der Waals surface area (Å²) in [5.41, 5.74) is 1.17. The van der Waals surface area contributed by atoms with Gasteiger partial charge in [-0.3, -0.25) is 9.59 Å². The van der Waals surface area contributed by atoms with Crippen molar-refractivity contribution in [2.24, 2.45) is 11.8 Å². The molecule has 4 rings (SSSR count). The second-order valence-corrected chi connectivity index (χ2v) is 6.67. The lowest BCUT2D eigenvalue weighted by Crippen LogP contribution is -2.38. The van der Waals surface area contributed by atoms with Crippen LogP contribution in [0.5, 0.6) is 5.75 Å². The van der Waals surface area contributed by atoms with Gasteiger partial charge < -0.3 is 14.2 Å². The fraction of sp³-hybridized carbons (Fsp3) is 0.286. The highest BCUT2D eigenvalue weighted by Gasteiger charge is 2.62. The number of esters is 1. The van der Waals surface area contributed by atoms with Crippen LogP contribution in [-0.2, 0) is 23.9 Å². The standard InChI is InChI=1S/C21H19NO6/c1-26-14-10-8-12(9-11-14)17-15-16(18(28-17)21(25)27-2)20(24)22(19(15)23)13-6-4-3-5-7-13/h3-11,15-18H,1-2H3/t15-,16+,17+,18+/m0/s1. The maximum atomic E-state index is 13.2. The number of benzene rings is 2. The van der Waals surface area contributed by atoms with Crippen molar-refractivity contribution in [1.82, 2.24) is 0 Å². The number of amides is 2. The van der Waals surface area contributed by atoms with Crippen LogP contribution in [-0.4, -0.2) is 38.1 Å². The van der Waals surface area contributed by atoms with E-state index < -0.39 is 35.9 Å². The van der Waals surface area contributed by atoms with E-state index in [1.54, 1.807) is 61.7 Å². The zero-order chi connectivity index (χ0) is 19.8. The van der Waals surface area contributed by atoms with E-state index in [2.05, 4.69) is 0 Å². The van der Waals surface area contributed by atoms with Crippen molar-refractivity contribution < 1.29 is 28.6 Å². The van der Waals surface area contributed by atoms with Gasteiger partial charge in [0.1, 0.15) is 5.75 Å². The van der Waals surface area contributed by atoms with Gasteiger partial charge in [0.2, 0.25) is 11.8 Å². The summed E-state index contributed by atoms with van der Waals surface area (Å²) in [4.78, 5) is 39.7. The summed E-state index contributed by atoms with van der Waals surface area (Å²) in [5, 5.41) is 0. The Bertz CT molecular complexity index is 910. The Balaban J connectivity index is 1.75. The number of rotatable bonds is 4. The molecular weight excluding hydrogens is 362 g/mol. The third-order valence-electron chi connectivity index (χ3n) is 5.24. The number of para-hydroxylation sites is 1. The number of anilines is 1. The molecule has 4 atom stereocenters. The van der Waals surface area contributed by atoms with Crippen molar-refractivity contribution in [2.45, 2.75) is 12.2 Å². The van der Waals surface area contributed by atoms with E-state index in [1.165, 1.54) is 7.11 Å². The number of methoxy groups -OCH3 is 2. The van der Waals surface area contributed by atoms with Crippen LogP contribution in [0.1, 0.15) is 11.7 Å². The van der Waals surface area contributed by atoms with Crippen molar-refractivity contribution in [3.05, 3.63) is 60.2 Å². The first-order chi connectivity index (χ1) is 13.6. The fourth-order valence-electron chi connectivity index (χ4n) is 3.91. The molecule has 0 bridgehead atoms. The first-order valence-corrected chi connectivity index (χ1v) is 8.87. The van der Waals surface area contributed by atoms with Gasteiger partial charge in [-0.25, -0.2) is 9.69 Å². The topological polar surface area (TPSA) is 82.1 Å². The van der Waals surface area contributed by atoms with Gasteiger partial charge in [0.25, 0.3) is 0 Å². The molecule has 0 radical (unpaired) electrons. The molecule has 0 N–H and O–H groups in total. The predicted molar refractivity (Wildman–Crippen MR) is 98.5 cm³/mol. The van der Waals surface area contributed by atoms with E-state index in [4.69, 9.17) is 14.2 Å². The lowest BCUT2D eigenvalue weighted by Gasteiger charge is -2.21. The van der Waals surface area contributed by atoms with Gasteiger partial charge in [-0.15, -0.1) is 0 Å². The first kappa shape index (κ1) is 18.2. The number of fused-ring (bicyclic) bond motifs is 1. The summed E-state index contributed by atoms with van der Waals surface area (Å²) >= 11 is 0. The quantitative estimate of drug-likeness (QED) is 0.596. The highest BCUT2D eigenvalue weighted by Crippen LogP contribution is 2.49. The number of ether oxygens (including phenoxy) is 3. The van der Waals surface area contributed by atoms with Crippen LogP contribution < -0.4 is 9.64 Å². The number of hydrogen-bond donors (Lipinski definition) is 0. The third kappa shape index (κ3) is 2.75. The van der Waals surface area contributed by atoms with Crippen molar-refractivity contribution >= 4 is 23.5 Å². The summed E-state index contributed by atoms with van der Waals surface area (Å²) in [6.45, 7) is 0. The molecule has 7 nitrogen and oxygen atoms in total. The summed E-state index contributed by atoms with van der Waals surface area (Å²) in [5.74, 6) is -2.57. The molecular formula is C21H19NO6. The molecule has 0 aliphatic carbocycles. The zero-order valence-corrected chi connectivity index (χ0v) is 15.4. The van der Waals surface area contributed by atoms with Crippen LogP contribution in [0.15, 0.2) is 54.6 Å². The predicted octanol–water partition coefficient (Wildman–Crippen LogP) is 2.11. The molecule has 2 aliphatic rings. The number of imide groups is 1. The van der Waals surface area contributed by atoms with Gasteiger partial charge in [-0.2, -0.15) is 0 Å². The molecule has 28 heavy (non-hydrogen) atoms. The van der Waals surface area contributed by atoms with E-state index in [0.717, 1.165) is 4.90 Å². The maximum absolute atomic E-state index is 13.2. The molecule has 144 valence electrons. The minimum atomic E-state index is -1.13. The third-order valence-corrected chi connectivity index (χ3v) is 5.24. The lowest BCUT2D eigenvalue weighted by molar-refractivity contribution is -0.157. The zero-order valence-electron chi connectivity index (χ0n) is 15.4. The Morgan fingerprint density at radius 2 is 1.57 bits per heavy atom. The number of carbonyl (C=O) groups is 3. The van der Waals surface area contributed by atoms with Crippen LogP contribution in [0, 0.1) is 11.8 Å². The molecule has 2 heterocycles. The second kappa shape index (κ2) is 7.09. The van der Waals surface area contributed by atoms with Crippen molar-refractivity contribution in [3.63, 3.8) is 0 Å². The van der Waals surface area contributed by atoms with E-state index >= 15 is 0 Å². The Morgan fingerprint density at radius 3 is 2.18 bits per heavy atom. The Kier molecular flexibility index (Phi) is 4.60. The minimum absolute atomic E-state index is 0.381. The smallest absolute Gasteiger partial charge is 0.335 e. The fourth-order valence-corrected chi connectivity index (χ4v) is 3.91. The van der Waals surface area contributed by atoms with Crippen LogP contribution in [0.4, 0.5) is 5.69 Å². The average molecular weight is 381 g/mol. The summed E-state index contributed by atoms with van der Waals surface area (Å²) in [6.07, 6.45) is -1.86. The van der Waals surface area contributed by atoms with Crippen LogP contribution in [0.25, 0.3) is 0 Å². The normalized spacial score (nSPS) is 26.3. The molecule has 0 aromatic heterocycles. The molecule has 2 aromatic carbocycles. The van der Waals surface area contributed by atoms with Gasteiger partial charge in [0.15, 0.2) is 6.10 Å². The molecule has 7 heteroatoms. The SMILES string of the molecule is COC(=O)[C@@H]1O[C@H](c2ccc(OC)cc2)[C@H]2C(=O)N(c3ccccc3)C(=O)[C@H]21. The largest absolute Gasteiger partial charge is 0.497 e. The summed E-state index contributed by atoms with van der Waals surface area (Å²) in [6, 6.07) is 15.7. The summed E-state index contributed by atoms with van der Waals surface area (Å²) in [7, 11) is 2.79. The Labute approximate surface area is 161 Å². The average Bonchev–Trinajstić information content (AvgIpc) is 3.25. The van der Waals surface area contributed by atoms with E-state index in [9.17, 15) is 14.4 Å². The molecule has 2 saturated heterocycles. The second-order valence-electron chi connectivity index (χ2n) is 6.67. The van der Waals surface area contributed by atoms with Crippen LogP contribution in [0.3, 0.4) is 0 Å². The molecule has 2 aromatic rings. The first-order valence-electron chi connectivity index (χ1n) is 8.87. The van der Waals surface area contributed by atoms with Gasteiger partial charge in [-0.05, 0) is 29.8 Å². The lowest BCUT2D eigenvalue weighted by atomic mass is 9.86. The van der Waals surface area contributed by atoms with E-state index in [-0.39, 0.29) is 5.91 Å². The van der Waals surface area contributed by atoms with Crippen LogP contribution in [0.2, 0.25) is 0 Å². The molecule has 0 unspecified atom stereocenters. The van der Waals surface area contributed by atoms with Crippen molar-refractivity contribution in [2.75, 3.05) is 19.1 Å². The molecule has 0 saturated carbocycles. The highest BCUT2D eigenvalue weighted by atomic mass is 16.6. The van der Waals surface area contributed by atoms with Crippen LogP contribution >= 0.6 is 0 Å². The number of carbonyl (C=O) groups excluding carboxylic acids is 3. The van der Waals surface area contributed by atoms with Gasteiger partial charge in [0.05, 0.1) is 37.8 Å². The Hall–Kier alpha value is -3.19. The monoisotopic (exact) mass is 381 g/mol. The number of hydrogen-bond acceptors (Lipinski definition) is 6. The molecule has 2 fully saturated rings. The van der Waals surface area contributed by atoms with Crippen molar-refractivity contribution in [3.8, 4) is 5.75 Å². The summed E-state index contributed by atoms with van der Waals surface area (Å²) < 4.78 is 15.9. The molecule has 0 spiro atoms. The van der Waals surface area contributed by atoms with Gasteiger partial charge in [0, 0.05) is 0 Å². The number of nitrogens with zero attached hydrogens (tertiary/aromatic N) is 1. The molecule has 2 amide bonds. The Morgan fingerprint density at radius 1 is 0.929 bits per heavy atom. The molecule has 2 aliphatic heterocycles. The highest BCUT2D eigenvalue weighted by molar-refractivity contribution is 6.23. The maximum Gasteiger partial charge on any atom is 0.335 e. The van der Waals surface area contributed by atoms with E-state index in [1.807, 2.05) is 0 Å². The van der Waals surface area contributed by atoms with Gasteiger partial charge >= 0.3 is 5.97 Å². The minimum Gasteiger partial charge on any atom is -0.497 e. The van der Waals surface area contributed by atoms with Gasteiger partial charge in [-0.1, -0.05) is 30.3 Å².